The molecule has 0 saturated carbocycles. The molecule has 2 amide bonds. The van der Waals surface area contributed by atoms with Crippen molar-refractivity contribution in [1.82, 2.24) is 10.6 Å². The van der Waals surface area contributed by atoms with Gasteiger partial charge in [-0.25, -0.2) is 4.79 Å². The van der Waals surface area contributed by atoms with Crippen LogP contribution in [-0.4, -0.2) is 30.4 Å². The Hall–Kier alpha value is -1.76. The standard InChI is InChI=1S/C13H17F3N2O2/c14-13(15,16)7-9-18-12(20)17-8-6-11(19)10-4-2-1-3-5-10/h1-5,11,19H,6-9H2,(H2,17,18,20). The molecule has 1 unspecified atom stereocenters. The van der Waals surface area contributed by atoms with E-state index >= 15 is 0 Å². The van der Waals surface area contributed by atoms with Gasteiger partial charge in [0.05, 0.1) is 12.5 Å². The van der Waals surface area contributed by atoms with Crippen LogP contribution in [0, 0.1) is 0 Å². The maximum atomic E-state index is 11.8. The Kier molecular flexibility index (Phi) is 6.30. The van der Waals surface area contributed by atoms with E-state index in [1.807, 2.05) is 6.07 Å². The second kappa shape index (κ2) is 7.74. The van der Waals surface area contributed by atoms with E-state index < -0.39 is 31.3 Å². The molecule has 4 nitrogen and oxygen atoms in total. The fraction of sp³-hybridized carbons (Fsp3) is 0.462. The number of alkyl halides is 3. The smallest absolute Gasteiger partial charge is 0.388 e. The van der Waals surface area contributed by atoms with Crippen LogP contribution in [0.2, 0.25) is 0 Å². The highest BCUT2D eigenvalue weighted by Crippen LogP contribution is 2.18. The zero-order chi connectivity index (χ0) is 15.0. The number of carbonyl (C=O) groups excluding carboxylic acids is 1. The fourth-order valence-corrected chi connectivity index (χ4v) is 1.54. The third kappa shape index (κ3) is 6.98. The van der Waals surface area contributed by atoms with E-state index in [2.05, 4.69) is 10.6 Å². The number of benzene rings is 1. The number of hydrogen-bond acceptors (Lipinski definition) is 2. The summed E-state index contributed by atoms with van der Waals surface area (Å²) in [6.45, 7) is -0.287. The zero-order valence-corrected chi connectivity index (χ0v) is 10.8. The fourth-order valence-electron chi connectivity index (χ4n) is 1.54. The van der Waals surface area contributed by atoms with Crippen molar-refractivity contribution in [1.29, 1.82) is 0 Å². The number of aliphatic hydroxyl groups is 1. The van der Waals surface area contributed by atoms with Gasteiger partial charge < -0.3 is 15.7 Å². The van der Waals surface area contributed by atoms with Gasteiger partial charge in [0.15, 0.2) is 0 Å². The Balaban J connectivity index is 2.16. The van der Waals surface area contributed by atoms with E-state index in [0.717, 1.165) is 5.56 Å². The van der Waals surface area contributed by atoms with E-state index in [4.69, 9.17) is 0 Å². The predicted octanol–water partition coefficient (Wildman–Crippen LogP) is 2.36. The van der Waals surface area contributed by atoms with E-state index in [0.29, 0.717) is 0 Å². The minimum atomic E-state index is -4.28. The lowest BCUT2D eigenvalue weighted by Gasteiger charge is -2.12. The Morgan fingerprint density at radius 3 is 2.35 bits per heavy atom. The van der Waals surface area contributed by atoms with Crippen molar-refractivity contribution >= 4 is 6.03 Å². The lowest BCUT2D eigenvalue weighted by atomic mass is 10.1. The van der Waals surface area contributed by atoms with Crippen LogP contribution in [0.3, 0.4) is 0 Å². The summed E-state index contributed by atoms with van der Waals surface area (Å²) in [4.78, 5) is 11.2. The van der Waals surface area contributed by atoms with E-state index in [9.17, 15) is 23.1 Å². The van der Waals surface area contributed by atoms with Gasteiger partial charge in [-0.2, -0.15) is 13.2 Å². The van der Waals surface area contributed by atoms with Gasteiger partial charge >= 0.3 is 12.2 Å². The molecule has 0 heterocycles. The number of halogens is 3. The zero-order valence-electron chi connectivity index (χ0n) is 10.8. The molecule has 0 radical (unpaired) electrons. The Labute approximate surface area is 115 Å². The molecule has 112 valence electrons. The third-order valence-corrected chi connectivity index (χ3v) is 2.58. The Morgan fingerprint density at radius 1 is 1.15 bits per heavy atom. The van der Waals surface area contributed by atoms with Gasteiger partial charge in [-0.15, -0.1) is 0 Å². The van der Waals surface area contributed by atoms with Gasteiger partial charge in [0.1, 0.15) is 0 Å². The quantitative estimate of drug-likeness (QED) is 0.753. The summed E-state index contributed by atoms with van der Waals surface area (Å²) in [5, 5.41) is 14.3. The molecular formula is C13H17F3N2O2. The summed E-state index contributed by atoms with van der Waals surface area (Å²) >= 11 is 0. The van der Waals surface area contributed by atoms with Crippen molar-refractivity contribution in [3.63, 3.8) is 0 Å². The Bertz CT molecular complexity index is 410. The van der Waals surface area contributed by atoms with Crippen LogP contribution < -0.4 is 10.6 Å². The molecule has 1 aromatic carbocycles. The van der Waals surface area contributed by atoms with Gasteiger partial charge in [-0.05, 0) is 12.0 Å². The van der Waals surface area contributed by atoms with Crippen LogP contribution in [-0.2, 0) is 0 Å². The van der Waals surface area contributed by atoms with Gasteiger partial charge in [0, 0.05) is 13.1 Å². The molecule has 7 heteroatoms. The summed E-state index contributed by atoms with van der Waals surface area (Å²) in [6.07, 6.45) is -5.77. The van der Waals surface area contributed by atoms with Crippen LogP contribution in [0.5, 0.6) is 0 Å². The van der Waals surface area contributed by atoms with Crippen LogP contribution in [0.4, 0.5) is 18.0 Å². The predicted molar refractivity (Wildman–Crippen MR) is 68.1 cm³/mol. The number of hydrogen-bond donors (Lipinski definition) is 3. The lowest BCUT2D eigenvalue weighted by Crippen LogP contribution is -2.38. The summed E-state index contributed by atoms with van der Waals surface area (Å²) in [5.41, 5.74) is 0.728. The van der Waals surface area contributed by atoms with Gasteiger partial charge in [0.25, 0.3) is 0 Å². The molecule has 20 heavy (non-hydrogen) atoms. The number of rotatable bonds is 6. The molecule has 1 aromatic rings. The van der Waals surface area contributed by atoms with Crippen molar-refractivity contribution in [2.45, 2.75) is 25.1 Å². The summed E-state index contributed by atoms with van der Waals surface area (Å²) in [6, 6.07) is 8.24. The Morgan fingerprint density at radius 2 is 1.75 bits per heavy atom. The van der Waals surface area contributed by atoms with E-state index in [-0.39, 0.29) is 13.0 Å². The molecule has 1 rings (SSSR count). The van der Waals surface area contributed by atoms with E-state index in [1.165, 1.54) is 0 Å². The molecule has 0 fully saturated rings. The van der Waals surface area contributed by atoms with Crippen LogP contribution in [0.1, 0.15) is 24.5 Å². The van der Waals surface area contributed by atoms with Crippen molar-refractivity contribution in [2.75, 3.05) is 13.1 Å². The van der Waals surface area contributed by atoms with Crippen molar-refractivity contribution in [3.05, 3.63) is 35.9 Å². The first-order valence-electron chi connectivity index (χ1n) is 6.20. The maximum Gasteiger partial charge on any atom is 0.390 e. The minimum absolute atomic E-state index is 0.175. The summed E-state index contributed by atoms with van der Waals surface area (Å²) in [5.74, 6) is 0. The molecule has 0 aromatic heterocycles. The minimum Gasteiger partial charge on any atom is -0.388 e. The van der Waals surface area contributed by atoms with Crippen LogP contribution in [0.25, 0.3) is 0 Å². The molecule has 3 N–H and O–H groups in total. The van der Waals surface area contributed by atoms with Crippen molar-refractivity contribution in [2.24, 2.45) is 0 Å². The average Bonchev–Trinajstić information content (AvgIpc) is 2.38. The molecule has 0 spiro atoms. The van der Waals surface area contributed by atoms with Crippen LogP contribution in [0.15, 0.2) is 30.3 Å². The van der Waals surface area contributed by atoms with Gasteiger partial charge in [-0.3, -0.25) is 0 Å². The second-order valence-corrected chi connectivity index (χ2v) is 4.26. The molecule has 0 aliphatic carbocycles. The number of carbonyl (C=O) groups is 1. The molecule has 0 aliphatic rings. The first-order chi connectivity index (χ1) is 9.38. The number of amides is 2. The van der Waals surface area contributed by atoms with Crippen molar-refractivity contribution < 1.29 is 23.1 Å². The molecule has 1 atom stereocenters. The van der Waals surface area contributed by atoms with Crippen molar-refractivity contribution in [3.8, 4) is 0 Å². The SMILES string of the molecule is O=C(NCCC(O)c1ccccc1)NCCC(F)(F)F. The first-order valence-corrected chi connectivity index (χ1v) is 6.20. The van der Waals surface area contributed by atoms with Gasteiger partial charge in [-0.1, -0.05) is 30.3 Å². The summed E-state index contributed by atoms with van der Waals surface area (Å²) in [7, 11) is 0. The molecule has 0 aliphatic heterocycles. The highest BCUT2D eigenvalue weighted by molar-refractivity contribution is 5.73. The number of aliphatic hydroxyl groups excluding tert-OH is 1. The van der Waals surface area contributed by atoms with Crippen LogP contribution >= 0.6 is 0 Å². The highest BCUT2D eigenvalue weighted by Gasteiger charge is 2.26. The monoisotopic (exact) mass is 290 g/mol. The highest BCUT2D eigenvalue weighted by atomic mass is 19.4. The number of nitrogens with one attached hydrogen (secondary N) is 2. The topological polar surface area (TPSA) is 61.4 Å². The van der Waals surface area contributed by atoms with E-state index in [1.54, 1.807) is 24.3 Å². The maximum absolute atomic E-state index is 11.8. The average molecular weight is 290 g/mol. The molecule has 0 bridgehead atoms. The second-order valence-electron chi connectivity index (χ2n) is 4.26. The molecular weight excluding hydrogens is 273 g/mol. The normalized spacial score (nSPS) is 12.8. The largest absolute Gasteiger partial charge is 0.390 e. The van der Waals surface area contributed by atoms with Gasteiger partial charge in [0.2, 0.25) is 0 Å². The third-order valence-electron chi connectivity index (χ3n) is 2.58. The number of urea groups is 1. The summed E-state index contributed by atoms with van der Waals surface area (Å²) < 4.78 is 35.5. The molecule has 0 saturated heterocycles. The lowest BCUT2D eigenvalue weighted by molar-refractivity contribution is -0.132. The first kappa shape index (κ1) is 16.3.